The third-order valence-electron chi connectivity index (χ3n) is 3.31. The van der Waals surface area contributed by atoms with Gasteiger partial charge in [0.05, 0.1) is 5.75 Å². The molecule has 3 rings (SSSR count). The number of hydrogen-bond donors (Lipinski definition) is 1. The highest BCUT2D eigenvalue weighted by Gasteiger charge is 2.12. The van der Waals surface area contributed by atoms with Crippen molar-refractivity contribution in [3.05, 3.63) is 58.6 Å². The summed E-state index contributed by atoms with van der Waals surface area (Å²) in [7, 11) is 0. The van der Waals surface area contributed by atoms with Crippen LogP contribution >= 0.6 is 23.4 Å². The maximum atomic E-state index is 12.0. The smallest absolute Gasteiger partial charge is 0.277 e. The van der Waals surface area contributed by atoms with Gasteiger partial charge < -0.3 is 9.73 Å². The van der Waals surface area contributed by atoms with Crippen LogP contribution in [0.1, 0.15) is 11.1 Å². The second-order valence-electron chi connectivity index (χ2n) is 5.60. The van der Waals surface area contributed by atoms with Crippen molar-refractivity contribution < 1.29 is 9.21 Å². The maximum Gasteiger partial charge on any atom is 0.277 e. The largest absolute Gasteiger partial charge is 0.411 e. The lowest BCUT2D eigenvalue weighted by atomic mass is 10.1. The van der Waals surface area contributed by atoms with Crippen molar-refractivity contribution in [3.8, 4) is 11.5 Å². The second kappa shape index (κ2) is 7.72. The first kappa shape index (κ1) is 17.5. The van der Waals surface area contributed by atoms with Crippen molar-refractivity contribution in [3.63, 3.8) is 0 Å². The molecule has 0 radical (unpaired) electrons. The van der Waals surface area contributed by atoms with Crippen LogP contribution in [-0.2, 0) is 4.79 Å². The summed E-state index contributed by atoms with van der Waals surface area (Å²) in [5, 5.41) is 11.7. The zero-order valence-electron chi connectivity index (χ0n) is 13.7. The van der Waals surface area contributed by atoms with Crippen LogP contribution < -0.4 is 5.32 Å². The minimum Gasteiger partial charge on any atom is -0.411 e. The molecule has 0 saturated carbocycles. The number of halogens is 1. The van der Waals surface area contributed by atoms with E-state index in [-0.39, 0.29) is 11.7 Å². The fraction of sp³-hybridized carbons (Fsp3) is 0.167. The Morgan fingerprint density at radius 2 is 1.92 bits per heavy atom. The molecule has 3 aromatic rings. The zero-order chi connectivity index (χ0) is 17.8. The highest BCUT2D eigenvalue weighted by atomic mass is 35.5. The summed E-state index contributed by atoms with van der Waals surface area (Å²) in [6.45, 7) is 4.03. The number of thioether (sulfide) groups is 1. The molecule has 2 aromatic carbocycles. The molecule has 0 bridgehead atoms. The molecule has 0 spiro atoms. The lowest BCUT2D eigenvalue weighted by Gasteiger charge is -2.04. The number of benzene rings is 2. The second-order valence-corrected chi connectivity index (χ2v) is 6.96. The standard InChI is InChI=1S/C18H16ClN3O2S/c1-11-6-12(2)8-13(7-11)17-21-22-18(24-17)25-10-16(23)20-15-5-3-4-14(19)9-15/h3-9H,10H2,1-2H3,(H,20,23). The lowest BCUT2D eigenvalue weighted by Crippen LogP contribution is -2.13. The summed E-state index contributed by atoms with van der Waals surface area (Å²) in [5.74, 6) is 0.448. The Hall–Kier alpha value is -2.31. The Balaban J connectivity index is 1.61. The van der Waals surface area contributed by atoms with Crippen molar-refractivity contribution in [1.82, 2.24) is 10.2 Å². The number of aryl methyl sites for hydroxylation is 2. The van der Waals surface area contributed by atoms with E-state index in [9.17, 15) is 4.79 Å². The monoisotopic (exact) mass is 373 g/mol. The molecule has 1 aromatic heterocycles. The third-order valence-corrected chi connectivity index (χ3v) is 4.36. The van der Waals surface area contributed by atoms with Crippen molar-refractivity contribution in [1.29, 1.82) is 0 Å². The molecule has 1 heterocycles. The van der Waals surface area contributed by atoms with Gasteiger partial charge in [0.1, 0.15) is 0 Å². The Morgan fingerprint density at radius 1 is 1.16 bits per heavy atom. The molecule has 128 valence electrons. The number of carbonyl (C=O) groups excluding carboxylic acids is 1. The number of amides is 1. The van der Waals surface area contributed by atoms with Crippen LogP contribution in [0.25, 0.3) is 11.5 Å². The van der Waals surface area contributed by atoms with E-state index in [1.165, 1.54) is 11.8 Å². The van der Waals surface area contributed by atoms with Gasteiger partial charge in [0.25, 0.3) is 5.22 Å². The summed E-state index contributed by atoms with van der Waals surface area (Å²) in [4.78, 5) is 12.0. The molecule has 7 heteroatoms. The number of carbonyl (C=O) groups is 1. The van der Waals surface area contributed by atoms with Crippen molar-refractivity contribution in [2.24, 2.45) is 0 Å². The van der Waals surface area contributed by atoms with Gasteiger partial charge >= 0.3 is 0 Å². The Kier molecular flexibility index (Phi) is 5.40. The third kappa shape index (κ3) is 4.84. The van der Waals surface area contributed by atoms with Crippen LogP contribution in [0.2, 0.25) is 5.02 Å². The van der Waals surface area contributed by atoms with E-state index >= 15 is 0 Å². The van der Waals surface area contributed by atoms with Gasteiger partial charge in [0, 0.05) is 16.3 Å². The first-order valence-corrected chi connectivity index (χ1v) is 8.96. The molecule has 0 saturated heterocycles. The highest BCUT2D eigenvalue weighted by Crippen LogP contribution is 2.25. The Labute approximate surface area is 154 Å². The summed E-state index contributed by atoms with van der Waals surface area (Å²) in [6, 6.07) is 13.0. The molecule has 0 aliphatic rings. The molecule has 5 nitrogen and oxygen atoms in total. The predicted molar refractivity (Wildman–Crippen MR) is 100 cm³/mol. The van der Waals surface area contributed by atoms with Crippen LogP contribution in [0, 0.1) is 13.8 Å². The zero-order valence-corrected chi connectivity index (χ0v) is 15.3. The van der Waals surface area contributed by atoms with E-state index in [4.69, 9.17) is 16.0 Å². The quantitative estimate of drug-likeness (QED) is 0.654. The van der Waals surface area contributed by atoms with Gasteiger partial charge in [0.2, 0.25) is 11.8 Å². The Bertz CT molecular complexity index is 891. The first-order chi connectivity index (χ1) is 12.0. The minimum absolute atomic E-state index is 0.168. The summed E-state index contributed by atoms with van der Waals surface area (Å²) >= 11 is 7.09. The van der Waals surface area contributed by atoms with Crippen molar-refractivity contribution >= 4 is 35.0 Å². The van der Waals surface area contributed by atoms with Gasteiger partial charge in [0.15, 0.2) is 0 Å². The number of nitrogens with zero attached hydrogens (tertiary/aromatic N) is 2. The summed E-state index contributed by atoms with van der Waals surface area (Å²) < 4.78 is 5.64. The molecule has 1 amide bonds. The van der Waals surface area contributed by atoms with Gasteiger partial charge in [-0.1, -0.05) is 46.6 Å². The van der Waals surface area contributed by atoms with Crippen LogP contribution in [-0.4, -0.2) is 21.9 Å². The normalized spacial score (nSPS) is 10.7. The molecule has 0 aliphatic carbocycles. The minimum atomic E-state index is -0.168. The average Bonchev–Trinajstić information content (AvgIpc) is 3.01. The highest BCUT2D eigenvalue weighted by molar-refractivity contribution is 7.99. The topological polar surface area (TPSA) is 68.0 Å². The van der Waals surface area contributed by atoms with Gasteiger partial charge in [-0.05, 0) is 44.2 Å². The summed E-state index contributed by atoms with van der Waals surface area (Å²) in [5.41, 5.74) is 3.78. The number of rotatable bonds is 5. The van der Waals surface area contributed by atoms with Gasteiger partial charge in [-0.3, -0.25) is 4.79 Å². The van der Waals surface area contributed by atoms with E-state index in [0.717, 1.165) is 16.7 Å². The predicted octanol–water partition coefficient (Wildman–Crippen LogP) is 4.74. The molecule has 25 heavy (non-hydrogen) atoms. The van der Waals surface area contributed by atoms with E-state index < -0.39 is 0 Å². The fourth-order valence-corrected chi connectivity index (χ4v) is 3.13. The lowest BCUT2D eigenvalue weighted by molar-refractivity contribution is -0.113. The maximum absolute atomic E-state index is 12.0. The Morgan fingerprint density at radius 3 is 2.64 bits per heavy atom. The molecular weight excluding hydrogens is 358 g/mol. The summed E-state index contributed by atoms with van der Waals surface area (Å²) in [6.07, 6.45) is 0. The molecule has 0 fully saturated rings. The van der Waals surface area contributed by atoms with Gasteiger partial charge in [-0.2, -0.15) is 0 Å². The van der Waals surface area contributed by atoms with E-state index in [0.29, 0.717) is 21.8 Å². The van der Waals surface area contributed by atoms with Gasteiger partial charge in [-0.15, -0.1) is 10.2 Å². The van der Waals surface area contributed by atoms with E-state index in [1.807, 2.05) is 26.0 Å². The van der Waals surface area contributed by atoms with Crippen molar-refractivity contribution in [2.75, 3.05) is 11.1 Å². The van der Waals surface area contributed by atoms with Crippen molar-refractivity contribution in [2.45, 2.75) is 19.1 Å². The van der Waals surface area contributed by atoms with E-state index in [2.05, 4.69) is 21.6 Å². The molecule has 0 atom stereocenters. The molecule has 0 unspecified atom stereocenters. The molecule has 0 aliphatic heterocycles. The van der Waals surface area contributed by atoms with Crippen LogP contribution in [0.4, 0.5) is 5.69 Å². The number of hydrogen-bond acceptors (Lipinski definition) is 5. The van der Waals surface area contributed by atoms with Crippen LogP contribution in [0.5, 0.6) is 0 Å². The van der Waals surface area contributed by atoms with E-state index in [1.54, 1.807) is 24.3 Å². The number of anilines is 1. The SMILES string of the molecule is Cc1cc(C)cc(-c2nnc(SCC(=O)Nc3cccc(Cl)c3)o2)c1. The number of nitrogens with one attached hydrogen (secondary N) is 1. The van der Waals surface area contributed by atoms with Crippen LogP contribution in [0.15, 0.2) is 52.1 Å². The average molecular weight is 374 g/mol. The molecular formula is C18H16ClN3O2S. The fourth-order valence-electron chi connectivity index (χ4n) is 2.37. The number of aromatic nitrogens is 2. The van der Waals surface area contributed by atoms with Gasteiger partial charge in [-0.25, -0.2) is 0 Å². The molecule has 1 N–H and O–H groups in total. The van der Waals surface area contributed by atoms with Crippen LogP contribution in [0.3, 0.4) is 0 Å². The first-order valence-electron chi connectivity index (χ1n) is 7.60.